The Morgan fingerprint density at radius 1 is 1.53 bits per heavy atom. The Hall–Kier alpha value is -0.710. The first-order valence-electron chi connectivity index (χ1n) is 5.94. The zero-order valence-electron chi connectivity index (χ0n) is 11.4. The molecule has 0 aromatic heterocycles. The maximum atomic E-state index is 11.4. The van der Waals surface area contributed by atoms with Crippen LogP contribution in [-0.4, -0.2) is 48.4 Å². The lowest BCUT2D eigenvalue weighted by Gasteiger charge is -2.35. The molecule has 1 fully saturated rings. The lowest BCUT2D eigenvalue weighted by molar-refractivity contribution is -0.127. The number of rotatable bonds is 2. The van der Waals surface area contributed by atoms with E-state index in [1.165, 1.54) is 0 Å². The molecule has 1 aliphatic heterocycles. The van der Waals surface area contributed by atoms with Gasteiger partial charge in [0.05, 0.1) is 0 Å². The SMILES string of the molecule is CN(C)C(=O)CN=C1NC(C(C)(C)C)CCS1. The summed E-state index contributed by atoms with van der Waals surface area (Å²) in [5.41, 5.74) is 0.229. The van der Waals surface area contributed by atoms with Gasteiger partial charge in [0.15, 0.2) is 5.17 Å². The number of aliphatic imine (C=N–C) groups is 1. The van der Waals surface area contributed by atoms with Gasteiger partial charge in [0.2, 0.25) is 5.91 Å². The van der Waals surface area contributed by atoms with Gasteiger partial charge in [0.1, 0.15) is 6.54 Å². The van der Waals surface area contributed by atoms with Crippen molar-refractivity contribution in [2.24, 2.45) is 10.4 Å². The first-order valence-corrected chi connectivity index (χ1v) is 6.93. The van der Waals surface area contributed by atoms with E-state index in [9.17, 15) is 4.79 Å². The number of thioether (sulfide) groups is 1. The van der Waals surface area contributed by atoms with Gasteiger partial charge in [0.25, 0.3) is 0 Å². The number of amides is 1. The van der Waals surface area contributed by atoms with Crippen LogP contribution in [-0.2, 0) is 4.79 Å². The van der Waals surface area contributed by atoms with Crippen LogP contribution >= 0.6 is 11.8 Å². The molecular weight excluding hydrogens is 234 g/mol. The second-order valence-electron chi connectivity index (χ2n) is 5.61. The fourth-order valence-corrected chi connectivity index (χ4v) is 2.49. The van der Waals surface area contributed by atoms with Crippen LogP contribution in [0.4, 0.5) is 0 Å². The molecular formula is C12H23N3OS. The number of carbonyl (C=O) groups is 1. The predicted octanol–water partition coefficient (Wildman–Crippen LogP) is 1.57. The molecule has 0 aromatic carbocycles. The minimum Gasteiger partial charge on any atom is -0.362 e. The average Bonchev–Trinajstić information content (AvgIpc) is 2.25. The Morgan fingerprint density at radius 3 is 2.71 bits per heavy atom. The molecule has 1 N–H and O–H groups in total. The van der Waals surface area contributed by atoms with Crippen molar-refractivity contribution in [1.29, 1.82) is 0 Å². The van der Waals surface area contributed by atoms with Crippen molar-refractivity contribution in [3.8, 4) is 0 Å². The largest absolute Gasteiger partial charge is 0.362 e. The van der Waals surface area contributed by atoms with E-state index in [0.29, 0.717) is 6.04 Å². The van der Waals surface area contributed by atoms with Crippen LogP contribution in [0.2, 0.25) is 0 Å². The molecule has 0 radical (unpaired) electrons. The summed E-state index contributed by atoms with van der Waals surface area (Å²) in [6.07, 6.45) is 1.15. The molecule has 0 saturated carbocycles. The van der Waals surface area contributed by atoms with Crippen molar-refractivity contribution in [2.75, 3.05) is 26.4 Å². The Bertz CT molecular complexity index is 307. The highest BCUT2D eigenvalue weighted by molar-refractivity contribution is 8.13. The summed E-state index contributed by atoms with van der Waals surface area (Å²) in [5, 5.41) is 4.34. The Kier molecular flexibility index (Phi) is 4.86. The molecule has 1 heterocycles. The third-order valence-corrected chi connectivity index (χ3v) is 3.81. The number of hydrogen-bond acceptors (Lipinski definition) is 3. The predicted molar refractivity (Wildman–Crippen MR) is 74.4 cm³/mol. The smallest absolute Gasteiger partial charge is 0.243 e. The fourth-order valence-electron chi connectivity index (χ4n) is 1.56. The van der Waals surface area contributed by atoms with Crippen molar-refractivity contribution in [1.82, 2.24) is 10.2 Å². The number of amidine groups is 1. The number of carbonyl (C=O) groups excluding carboxylic acids is 1. The summed E-state index contributed by atoms with van der Waals surface area (Å²) >= 11 is 1.70. The molecule has 4 nitrogen and oxygen atoms in total. The van der Waals surface area contributed by atoms with E-state index in [1.54, 1.807) is 30.8 Å². The third-order valence-electron chi connectivity index (χ3n) is 2.85. The first-order chi connectivity index (χ1) is 7.80. The molecule has 1 rings (SSSR count). The van der Waals surface area contributed by atoms with Gasteiger partial charge in [-0.15, -0.1) is 0 Å². The standard InChI is InChI=1S/C12H23N3OS/c1-12(2,3)9-6-7-17-11(14-9)13-8-10(16)15(4)5/h9H,6-8H2,1-5H3,(H,13,14). The minimum atomic E-state index is 0.0396. The van der Waals surface area contributed by atoms with E-state index < -0.39 is 0 Å². The maximum absolute atomic E-state index is 11.4. The highest BCUT2D eigenvalue weighted by atomic mass is 32.2. The monoisotopic (exact) mass is 257 g/mol. The summed E-state index contributed by atoms with van der Waals surface area (Å²) in [7, 11) is 3.50. The van der Waals surface area contributed by atoms with E-state index in [0.717, 1.165) is 17.3 Å². The van der Waals surface area contributed by atoms with Crippen molar-refractivity contribution in [3.05, 3.63) is 0 Å². The molecule has 1 atom stereocenters. The van der Waals surface area contributed by atoms with Crippen molar-refractivity contribution >= 4 is 22.8 Å². The normalized spacial score (nSPS) is 23.4. The van der Waals surface area contributed by atoms with Gasteiger partial charge in [-0.3, -0.25) is 9.79 Å². The Morgan fingerprint density at radius 2 is 2.18 bits per heavy atom. The number of nitrogens with zero attached hydrogens (tertiary/aromatic N) is 2. The van der Waals surface area contributed by atoms with Gasteiger partial charge in [-0.1, -0.05) is 32.5 Å². The molecule has 0 bridgehead atoms. The van der Waals surface area contributed by atoms with E-state index >= 15 is 0 Å². The zero-order valence-corrected chi connectivity index (χ0v) is 12.2. The molecule has 1 saturated heterocycles. The topological polar surface area (TPSA) is 44.7 Å². The highest BCUT2D eigenvalue weighted by Crippen LogP contribution is 2.27. The van der Waals surface area contributed by atoms with Crippen molar-refractivity contribution in [3.63, 3.8) is 0 Å². The Labute approximate surface area is 108 Å². The van der Waals surface area contributed by atoms with Gasteiger partial charge in [-0.2, -0.15) is 0 Å². The van der Waals surface area contributed by atoms with Crippen LogP contribution in [0.15, 0.2) is 4.99 Å². The third kappa shape index (κ3) is 4.58. The highest BCUT2D eigenvalue weighted by Gasteiger charge is 2.28. The van der Waals surface area contributed by atoms with Crippen LogP contribution in [0, 0.1) is 5.41 Å². The van der Waals surface area contributed by atoms with Gasteiger partial charge in [-0.25, -0.2) is 0 Å². The van der Waals surface area contributed by atoms with Crippen molar-refractivity contribution in [2.45, 2.75) is 33.2 Å². The lowest BCUT2D eigenvalue weighted by atomic mass is 9.85. The average molecular weight is 257 g/mol. The van der Waals surface area contributed by atoms with E-state index in [1.807, 2.05) is 0 Å². The summed E-state index contributed by atoms with van der Waals surface area (Å²) < 4.78 is 0. The first kappa shape index (κ1) is 14.4. The molecule has 1 aliphatic rings. The summed E-state index contributed by atoms with van der Waals surface area (Å²) in [6, 6.07) is 0.442. The molecule has 98 valence electrons. The summed E-state index contributed by atoms with van der Waals surface area (Å²) in [4.78, 5) is 17.4. The van der Waals surface area contributed by atoms with E-state index in [2.05, 4.69) is 31.1 Å². The van der Waals surface area contributed by atoms with Crippen LogP contribution in [0.3, 0.4) is 0 Å². The van der Waals surface area contributed by atoms with Crippen LogP contribution in [0.25, 0.3) is 0 Å². The molecule has 1 unspecified atom stereocenters. The fraction of sp³-hybridized carbons (Fsp3) is 0.833. The number of likely N-dealkylation sites (N-methyl/N-ethyl adjacent to an activating group) is 1. The second kappa shape index (κ2) is 5.76. The van der Waals surface area contributed by atoms with Crippen molar-refractivity contribution < 1.29 is 4.79 Å². The quantitative estimate of drug-likeness (QED) is 0.817. The van der Waals surface area contributed by atoms with Gasteiger partial charge in [-0.05, 0) is 11.8 Å². The van der Waals surface area contributed by atoms with Crippen LogP contribution in [0.5, 0.6) is 0 Å². The molecule has 17 heavy (non-hydrogen) atoms. The molecule has 0 aromatic rings. The summed E-state index contributed by atoms with van der Waals surface area (Å²) in [6.45, 7) is 6.91. The summed E-state index contributed by atoms with van der Waals surface area (Å²) in [5.74, 6) is 1.11. The second-order valence-corrected chi connectivity index (χ2v) is 6.69. The molecule has 1 amide bonds. The molecule has 0 aliphatic carbocycles. The molecule has 0 spiro atoms. The molecule has 5 heteroatoms. The van der Waals surface area contributed by atoms with Crippen LogP contribution < -0.4 is 5.32 Å². The van der Waals surface area contributed by atoms with Crippen LogP contribution in [0.1, 0.15) is 27.2 Å². The van der Waals surface area contributed by atoms with Gasteiger partial charge >= 0.3 is 0 Å². The number of nitrogens with one attached hydrogen (secondary N) is 1. The maximum Gasteiger partial charge on any atom is 0.243 e. The minimum absolute atomic E-state index is 0.0396. The van der Waals surface area contributed by atoms with E-state index in [4.69, 9.17) is 0 Å². The lowest BCUT2D eigenvalue weighted by Crippen LogP contribution is -2.46. The number of hydrogen-bond donors (Lipinski definition) is 1. The van der Waals surface area contributed by atoms with Gasteiger partial charge in [0, 0.05) is 25.9 Å². The van der Waals surface area contributed by atoms with Gasteiger partial charge < -0.3 is 10.2 Å². The Balaban J connectivity index is 2.55. The van der Waals surface area contributed by atoms with E-state index in [-0.39, 0.29) is 17.9 Å². The zero-order chi connectivity index (χ0) is 13.1.